The van der Waals surface area contributed by atoms with Crippen LogP contribution in [-0.4, -0.2) is 0 Å². The van der Waals surface area contributed by atoms with Gasteiger partial charge in [0.2, 0.25) is 0 Å². The number of halogens is 1. The third-order valence-electron chi connectivity index (χ3n) is 2.39. The lowest BCUT2D eigenvalue weighted by Gasteiger charge is -2.11. The molecule has 2 aromatic rings. The van der Waals surface area contributed by atoms with Crippen LogP contribution in [0.5, 0.6) is 0 Å². The predicted octanol–water partition coefficient (Wildman–Crippen LogP) is 3.87. The molecule has 0 amide bonds. The fraction of sp³-hybridized carbons (Fsp3) is 0.167. The lowest BCUT2D eigenvalue weighted by molar-refractivity contribution is 0.891. The highest BCUT2D eigenvalue weighted by Crippen LogP contribution is 2.26. The summed E-state index contributed by atoms with van der Waals surface area (Å²) < 4.78 is 1.13. The average molecular weight is 282 g/mol. The maximum atomic E-state index is 6.17. The Labute approximate surface area is 102 Å². The third-order valence-corrected chi connectivity index (χ3v) is 4.24. The molecule has 2 rings (SSSR count). The van der Waals surface area contributed by atoms with E-state index in [-0.39, 0.29) is 6.04 Å². The van der Waals surface area contributed by atoms with Crippen molar-refractivity contribution < 1.29 is 0 Å². The van der Waals surface area contributed by atoms with Crippen LogP contribution in [0.15, 0.2) is 40.2 Å². The van der Waals surface area contributed by atoms with Gasteiger partial charge in [-0.05, 0) is 35.6 Å². The minimum absolute atomic E-state index is 0.00296. The molecule has 0 aliphatic rings. The van der Waals surface area contributed by atoms with Crippen molar-refractivity contribution in [2.45, 2.75) is 13.0 Å². The van der Waals surface area contributed by atoms with Crippen LogP contribution in [0.3, 0.4) is 0 Å². The van der Waals surface area contributed by atoms with Gasteiger partial charge < -0.3 is 5.73 Å². The first-order valence-corrected chi connectivity index (χ1v) is 6.41. The summed E-state index contributed by atoms with van der Waals surface area (Å²) in [4.78, 5) is 1.21. The van der Waals surface area contributed by atoms with Crippen molar-refractivity contribution in [2.24, 2.45) is 5.73 Å². The summed E-state index contributed by atoms with van der Waals surface area (Å²) in [5.74, 6) is 0. The van der Waals surface area contributed by atoms with E-state index in [1.807, 2.05) is 6.07 Å². The highest BCUT2D eigenvalue weighted by Gasteiger charge is 2.10. The highest BCUT2D eigenvalue weighted by molar-refractivity contribution is 9.10. The number of aryl methyl sites for hydroxylation is 1. The molecule has 1 aromatic heterocycles. The lowest BCUT2D eigenvalue weighted by atomic mass is 10.0. The van der Waals surface area contributed by atoms with Gasteiger partial charge in [0.15, 0.2) is 0 Å². The Morgan fingerprint density at radius 1 is 1.33 bits per heavy atom. The fourth-order valence-electron chi connectivity index (χ4n) is 1.49. The summed E-state index contributed by atoms with van der Waals surface area (Å²) >= 11 is 5.19. The van der Waals surface area contributed by atoms with Crippen molar-refractivity contribution in [2.75, 3.05) is 0 Å². The van der Waals surface area contributed by atoms with E-state index in [1.165, 1.54) is 10.4 Å². The zero-order valence-corrected chi connectivity index (χ0v) is 10.8. The van der Waals surface area contributed by atoms with Crippen LogP contribution in [-0.2, 0) is 0 Å². The van der Waals surface area contributed by atoms with E-state index in [4.69, 9.17) is 5.73 Å². The zero-order chi connectivity index (χ0) is 10.8. The Balaban J connectivity index is 2.34. The average Bonchev–Trinajstić information content (AvgIpc) is 2.74. The van der Waals surface area contributed by atoms with Crippen molar-refractivity contribution in [3.63, 3.8) is 0 Å². The Kier molecular flexibility index (Phi) is 3.24. The second-order valence-corrected chi connectivity index (χ2v) is 5.34. The SMILES string of the molecule is Cc1cc(C(N)c2cccs2)ccc1Br. The Bertz CT molecular complexity index is 451. The van der Waals surface area contributed by atoms with E-state index in [9.17, 15) is 0 Å². The van der Waals surface area contributed by atoms with Crippen LogP contribution in [0.25, 0.3) is 0 Å². The van der Waals surface area contributed by atoms with Crippen molar-refractivity contribution in [1.29, 1.82) is 0 Å². The second-order valence-electron chi connectivity index (χ2n) is 3.50. The van der Waals surface area contributed by atoms with Gasteiger partial charge in [-0.3, -0.25) is 0 Å². The van der Waals surface area contributed by atoms with Crippen LogP contribution in [0.4, 0.5) is 0 Å². The van der Waals surface area contributed by atoms with Crippen molar-refractivity contribution >= 4 is 27.3 Å². The summed E-state index contributed by atoms with van der Waals surface area (Å²) in [6.45, 7) is 2.08. The van der Waals surface area contributed by atoms with Crippen LogP contribution < -0.4 is 5.73 Å². The van der Waals surface area contributed by atoms with Gasteiger partial charge in [0.1, 0.15) is 0 Å². The fourth-order valence-corrected chi connectivity index (χ4v) is 2.49. The standard InChI is InChI=1S/C12H12BrNS/c1-8-7-9(4-5-10(8)13)12(14)11-3-2-6-15-11/h2-7,12H,14H2,1H3. The molecule has 0 radical (unpaired) electrons. The summed E-state index contributed by atoms with van der Waals surface area (Å²) in [5, 5.41) is 2.06. The second kappa shape index (κ2) is 4.47. The first kappa shape index (κ1) is 10.9. The molecule has 1 nitrogen and oxygen atoms in total. The van der Waals surface area contributed by atoms with Gasteiger partial charge in [-0.1, -0.05) is 34.1 Å². The first-order chi connectivity index (χ1) is 7.18. The third kappa shape index (κ3) is 2.30. The summed E-state index contributed by atoms with van der Waals surface area (Å²) in [5.41, 5.74) is 8.56. The molecule has 3 heteroatoms. The van der Waals surface area contributed by atoms with Crippen LogP contribution >= 0.6 is 27.3 Å². The van der Waals surface area contributed by atoms with Crippen LogP contribution in [0.2, 0.25) is 0 Å². The van der Waals surface area contributed by atoms with Crippen molar-refractivity contribution in [3.05, 3.63) is 56.2 Å². The largest absolute Gasteiger partial charge is 0.320 e. The summed E-state index contributed by atoms with van der Waals surface area (Å²) in [7, 11) is 0. The number of hydrogen-bond acceptors (Lipinski definition) is 2. The molecule has 0 saturated carbocycles. The molecule has 0 aliphatic carbocycles. The van der Waals surface area contributed by atoms with Crippen LogP contribution in [0, 0.1) is 6.92 Å². The number of hydrogen-bond donors (Lipinski definition) is 1. The molecular weight excluding hydrogens is 270 g/mol. The molecule has 1 atom stereocenters. The minimum Gasteiger partial charge on any atom is -0.320 e. The normalized spacial score (nSPS) is 12.7. The van der Waals surface area contributed by atoms with E-state index in [0.29, 0.717) is 0 Å². The number of nitrogens with two attached hydrogens (primary N) is 1. The predicted molar refractivity (Wildman–Crippen MR) is 69.2 cm³/mol. The number of thiophene rings is 1. The van der Waals surface area contributed by atoms with Crippen molar-refractivity contribution in [3.8, 4) is 0 Å². The van der Waals surface area contributed by atoms with E-state index in [1.54, 1.807) is 11.3 Å². The highest BCUT2D eigenvalue weighted by atomic mass is 79.9. The minimum atomic E-state index is -0.00296. The van der Waals surface area contributed by atoms with Gasteiger partial charge >= 0.3 is 0 Å². The lowest BCUT2D eigenvalue weighted by Crippen LogP contribution is -2.10. The van der Waals surface area contributed by atoms with E-state index in [2.05, 4.69) is 52.5 Å². The topological polar surface area (TPSA) is 26.0 Å². The first-order valence-electron chi connectivity index (χ1n) is 4.73. The molecule has 0 saturated heterocycles. The molecule has 1 heterocycles. The Morgan fingerprint density at radius 3 is 2.73 bits per heavy atom. The molecule has 1 unspecified atom stereocenters. The molecule has 0 fully saturated rings. The quantitative estimate of drug-likeness (QED) is 0.889. The Morgan fingerprint density at radius 2 is 2.13 bits per heavy atom. The maximum Gasteiger partial charge on any atom is 0.0646 e. The van der Waals surface area contributed by atoms with Gasteiger partial charge in [0.25, 0.3) is 0 Å². The molecule has 78 valence electrons. The summed E-state index contributed by atoms with van der Waals surface area (Å²) in [6, 6.07) is 10.4. The zero-order valence-electron chi connectivity index (χ0n) is 8.41. The smallest absolute Gasteiger partial charge is 0.0646 e. The van der Waals surface area contributed by atoms with Gasteiger partial charge in [0, 0.05) is 9.35 Å². The molecule has 0 aliphatic heterocycles. The molecule has 1 aromatic carbocycles. The maximum absolute atomic E-state index is 6.17. The van der Waals surface area contributed by atoms with E-state index in [0.717, 1.165) is 10.0 Å². The van der Waals surface area contributed by atoms with Crippen LogP contribution in [0.1, 0.15) is 22.0 Å². The molecule has 0 bridgehead atoms. The van der Waals surface area contributed by atoms with Gasteiger partial charge in [-0.2, -0.15) is 0 Å². The molecular formula is C12H12BrNS. The van der Waals surface area contributed by atoms with Crippen molar-refractivity contribution in [1.82, 2.24) is 0 Å². The van der Waals surface area contributed by atoms with Gasteiger partial charge in [-0.15, -0.1) is 11.3 Å². The molecule has 2 N–H and O–H groups in total. The summed E-state index contributed by atoms with van der Waals surface area (Å²) in [6.07, 6.45) is 0. The molecule has 0 spiro atoms. The van der Waals surface area contributed by atoms with E-state index < -0.39 is 0 Å². The number of rotatable bonds is 2. The number of benzene rings is 1. The molecule has 15 heavy (non-hydrogen) atoms. The Hall–Kier alpha value is -0.640. The van der Waals surface area contributed by atoms with E-state index >= 15 is 0 Å². The van der Waals surface area contributed by atoms with Gasteiger partial charge in [-0.25, -0.2) is 0 Å². The van der Waals surface area contributed by atoms with Gasteiger partial charge in [0.05, 0.1) is 6.04 Å². The monoisotopic (exact) mass is 281 g/mol.